The summed E-state index contributed by atoms with van der Waals surface area (Å²) < 4.78 is 5.77. The largest absolute Gasteiger partial charge is 0.492 e. The number of fused-ring (bicyclic) bond motifs is 2. The van der Waals surface area contributed by atoms with Crippen LogP contribution in [0.2, 0.25) is 0 Å². The van der Waals surface area contributed by atoms with Gasteiger partial charge in [-0.25, -0.2) is 4.98 Å². The summed E-state index contributed by atoms with van der Waals surface area (Å²) in [5, 5.41) is 16.8. The van der Waals surface area contributed by atoms with Crippen LogP contribution >= 0.6 is 0 Å². The molecule has 0 amide bonds. The van der Waals surface area contributed by atoms with Crippen LogP contribution < -0.4 is 21.2 Å². The molecule has 3 aromatic rings. The third-order valence-corrected chi connectivity index (χ3v) is 7.12. The molecule has 36 heavy (non-hydrogen) atoms. The second-order valence-electron chi connectivity index (χ2n) is 9.53. The summed E-state index contributed by atoms with van der Waals surface area (Å²) in [6, 6.07) is 12.7. The number of pyridine rings is 1. The Labute approximate surface area is 210 Å². The van der Waals surface area contributed by atoms with Gasteiger partial charge in [-0.2, -0.15) is 5.10 Å². The van der Waals surface area contributed by atoms with E-state index in [1.807, 2.05) is 6.07 Å². The number of nitrogens with zero attached hydrogens (tertiary/aromatic N) is 2. The van der Waals surface area contributed by atoms with Gasteiger partial charge in [-0.1, -0.05) is 18.2 Å². The molecule has 186 valence electrons. The van der Waals surface area contributed by atoms with Gasteiger partial charge in [0.1, 0.15) is 11.6 Å². The van der Waals surface area contributed by atoms with Crippen molar-refractivity contribution in [2.45, 2.75) is 45.1 Å². The number of ether oxygens (including phenoxy) is 1. The molecule has 5 N–H and O–H groups in total. The van der Waals surface area contributed by atoms with Crippen molar-refractivity contribution in [1.82, 2.24) is 10.4 Å². The number of carboxylic acid groups (broad SMARTS) is 1. The minimum atomic E-state index is -0.827. The van der Waals surface area contributed by atoms with Crippen molar-refractivity contribution in [1.29, 1.82) is 0 Å². The van der Waals surface area contributed by atoms with Crippen molar-refractivity contribution in [3.63, 3.8) is 0 Å². The molecule has 8 nitrogen and oxygen atoms in total. The van der Waals surface area contributed by atoms with Gasteiger partial charge in [-0.05, 0) is 72.2 Å². The standard InChI is InChI=1S/C28H31N5O3/c1-15-9-17(28(29)33-30-3)10-16(2)27(15)21-6-4-5-20-19(21)7-8-23(20)32-25-12-24-22(13-31-25)18(14-36-24)11-26(34)35/h4-6,9-10,12-13,18,23,30H,7-8,11,14H2,1-3H3,(H2,29,33)(H,31,32)(H,34,35)/t18?,23-/m1/s1. The van der Waals surface area contributed by atoms with E-state index >= 15 is 0 Å². The molecule has 0 fully saturated rings. The van der Waals surface area contributed by atoms with Crippen molar-refractivity contribution in [2.24, 2.45) is 10.8 Å². The third kappa shape index (κ3) is 4.34. The second-order valence-corrected chi connectivity index (χ2v) is 9.53. The molecule has 2 heterocycles. The summed E-state index contributed by atoms with van der Waals surface area (Å²) >= 11 is 0. The van der Waals surface area contributed by atoms with Crippen LogP contribution in [0.15, 0.2) is 47.7 Å². The summed E-state index contributed by atoms with van der Waals surface area (Å²) in [4.78, 5) is 15.7. The molecule has 1 unspecified atom stereocenters. The first-order valence-electron chi connectivity index (χ1n) is 12.2. The van der Waals surface area contributed by atoms with Crippen LogP contribution in [0, 0.1) is 13.8 Å². The Hall–Kier alpha value is -4.07. The number of nitrogens with one attached hydrogen (secondary N) is 2. The normalized spacial score (nSPS) is 18.4. The van der Waals surface area contributed by atoms with Crippen molar-refractivity contribution >= 4 is 17.6 Å². The number of carboxylic acids is 1. The van der Waals surface area contributed by atoms with Crippen LogP contribution in [0.3, 0.4) is 0 Å². The first-order chi connectivity index (χ1) is 17.4. The highest BCUT2D eigenvalue weighted by molar-refractivity contribution is 5.98. The van der Waals surface area contributed by atoms with E-state index in [-0.39, 0.29) is 18.4 Å². The Morgan fingerprint density at radius 3 is 2.72 bits per heavy atom. The van der Waals surface area contributed by atoms with E-state index in [9.17, 15) is 4.79 Å². The van der Waals surface area contributed by atoms with Gasteiger partial charge in [0.05, 0.1) is 19.1 Å². The van der Waals surface area contributed by atoms with E-state index in [2.05, 4.69) is 65.0 Å². The third-order valence-electron chi connectivity index (χ3n) is 7.12. The Morgan fingerprint density at radius 2 is 2.00 bits per heavy atom. The number of hydrazone groups is 1. The molecule has 1 aromatic heterocycles. The zero-order chi connectivity index (χ0) is 25.4. The van der Waals surface area contributed by atoms with Crippen LogP contribution in [0.5, 0.6) is 5.75 Å². The van der Waals surface area contributed by atoms with Crippen LogP contribution in [0.4, 0.5) is 5.82 Å². The molecule has 0 saturated carbocycles. The topological polar surface area (TPSA) is 122 Å². The molecule has 5 rings (SSSR count). The summed E-state index contributed by atoms with van der Waals surface area (Å²) in [6.07, 6.45) is 3.73. The lowest BCUT2D eigenvalue weighted by Crippen LogP contribution is -2.17. The predicted molar refractivity (Wildman–Crippen MR) is 141 cm³/mol. The summed E-state index contributed by atoms with van der Waals surface area (Å²) in [5.41, 5.74) is 18.1. The lowest BCUT2D eigenvalue weighted by atomic mass is 9.89. The van der Waals surface area contributed by atoms with Gasteiger partial charge in [0.25, 0.3) is 0 Å². The van der Waals surface area contributed by atoms with E-state index in [1.165, 1.54) is 22.3 Å². The van der Waals surface area contributed by atoms with E-state index in [4.69, 9.17) is 15.6 Å². The fourth-order valence-corrected chi connectivity index (χ4v) is 5.56. The maximum absolute atomic E-state index is 11.1. The Bertz CT molecular complexity index is 1340. The van der Waals surface area contributed by atoms with Gasteiger partial charge in [-0.15, -0.1) is 0 Å². The summed E-state index contributed by atoms with van der Waals surface area (Å²) in [6.45, 7) is 4.62. The fraction of sp³-hybridized carbons (Fsp3) is 0.321. The van der Waals surface area contributed by atoms with E-state index in [1.54, 1.807) is 13.2 Å². The van der Waals surface area contributed by atoms with Gasteiger partial charge in [0.15, 0.2) is 5.84 Å². The van der Waals surface area contributed by atoms with Gasteiger partial charge < -0.3 is 26.3 Å². The first-order valence-corrected chi connectivity index (χ1v) is 12.2. The summed E-state index contributed by atoms with van der Waals surface area (Å²) in [7, 11) is 1.74. The maximum atomic E-state index is 11.1. The molecule has 1 aliphatic heterocycles. The molecule has 0 radical (unpaired) electrons. The number of benzene rings is 2. The van der Waals surface area contributed by atoms with Crippen molar-refractivity contribution < 1.29 is 14.6 Å². The number of rotatable bonds is 7. The lowest BCUT2D eigenvalue weighted by molar-refractivity contribution is -0.137. The monoisotopic (exact) mass is 485 g/mol. The predicted octanol–water partition coefficient (Wildman–Crippen LogP) is 4.26. The number of amidine groups is 1. The SMILES string of the molecule is CN/N=C(\N)c1cc(C)c(-c2cccc3c2CC[C@H]3Nc2cc3c(cn2)C(CC(=O)O)CO3)c(C)c1. The number of aliphatic carboxylic acids is 1. The minimum absolute atomic E-state index is 0.0505. The van der Waals surface area contributed by atoms with Gasteiger partial charge in [0.2, 0.25) is 0 Å². The van der Waals surface area contributed by atoms with Gasteiger partial charge in [-0.3, -0.25) is 4.79 Å². The highest BCUT2D eigenvalue weighted by Gasteiger charge is 2.29. The van der Waals surface area contributed by atoms with Crippen LogP contribution in [0.25, 0.3) is 11.1 Å². The Kier molecular flexibility index (Phi) is 6.26. The average molecular weight is 486 g/mol. The molecule has 2 atom stereocenters. The molecule has 1 aliphatic carbocycles. The second kappa shape index (κ2) is 9.53. The zero-order valence-corrected chi connectivity index (χ0v) is 20.8. The van der Waals surface area contributed by atoms with E-state index < -0.39 is 5.97 Å². The number of nitrogens with two attached hydrogens (primary N) is 1. The lowest BCUT2D eigenvalue weighted by Gasteiger charge is -2.18. The molecular weight excluding hydrogens is 454 g/mol. The minimum Gasteiger partial charge on any atom is -0.492 e. The number of anilines is 1. The number of hydrogen-bond acceptors (Lipinski definition) is 6. The first kappa shape index (κ1) is 23.7. The van der Waals surface area contributed by atoms with Crippen molar-refractivity contribution in [3.05, 3.63) is 76.0 Å². The molecule has 8 heteroatoms. The highest BCUT2D eigenvalue weighted by Crippen LogP contribution is 2.42. The number of aromatic nitrogens is 1. The van der Waals surface area contributed by atoms with Crippen LogP contribution in [0.1, 0.15) is 58.2 Å². The Morgan fingerprint density at radius 1 is 1.22 bits per heavy atom. The van der Waals surface area contributed by atoms with Gasteiger partial charge in [0, 0.05) is 36.4 Å². The Balaban J connectivity index is 1.42. The van der Waals surface area contributed by atoms with E-state index in [0.717, 1.165) is 46.7 Å². The molecule has 0 saturated heterocycles. The fourth-order valence-electron chi connectivity index (χ4n) is 5.56. The molecular formula is C28H31N5O3. The smallest absolute Gasteiger partial charge is 0.304 e. The van der Waals surface area contributed by atoms with Crippen molar-refractivity contribution in [2.75, 3.05) is 19.0 Å². The maximum Gasteiger partial charge on any atom is 0.304 e. The van der Waals surface area contributed by atoms with Crippen LogP contribution in [-0.2, 0) is 11.2 Å². The van der Waals surface area contributed by atoms with Gasteiger partial charge >= 0.3 is 5.97 Å². The zero-order valence-electron chi connectivity index (χ0n) is 20.8. The number of carbonyl (C=O) groups is 1. The average Bonchev–Trinajstić information content (AvgIpc) is 3.43. The van der Waals surface area contributed by atoms with Crippen LogP contribution in [-0.4, -0.2) is 35.5 Å². The van der Waals surface area contributed by atoms with Crippen molar-refractivity contribution in [3.8, 4) is 16.9 Å². The number of hydrogen-bond donors (Lipinski definition) is 4. The quantitative estimate of drug-likeness (QED) is 0.224. The molecule has 2 aliphatic rings. The highest BCUT2D eigenvalue weighted by atomic mass is 16.5. The number of aryl methyl sites for hydroxylation is 2. The molecule has 0 spiro atoms. The molecule has 0 bridgehead atoms. The van der Waals surface area contributed by atoms with E-state index in [0.29, 0.717) is 12.4 Å². The summed E-state index contributed by atoms with van der Waals surface area (Å²) in [5.74, 6) is 0.957. The molecule has 2 aromatic carbocycles.